The van der Waals surface area contributed by atoms with Crippen LogP contribution in [0.3, 0.4) is 0 Å². The molecular formula is C12H12N2O2S. The predicted molar refractivity (Wildman–Crippen MR) is 65.2 cm³/mol. The van der Waals surface area contributed by atoms with Crippen LogP contribution in [0.25, 0.3) is 11.1 Å². The van der Waals surface area contributed by atoms with E-state index in [0.717, 1.165) is 11.1 Å². The maximum Gasteiger partial charge on any atom is 0.247 e. The predicted octanol–water partition coefficient (Wildman–Crippen LogP) is 1.94. The molecule has 0 aliphatic carbocycles. The monoisotopic (exact) mass is 248 g/mol. The fourth-order valence-corrected chi connectivity index (χ4v) is 2.07. The Morgan fingerprint density at radius 1 is 1.00 bits per heavy atom. The topological polar surface area (TPSA) is 59.9 Å². The number of hydrogen-bond acceptors (Lipinski definition) is 4. The van der Waals surface area contributed by atoms with E-state index in [-0.39, 0.29) is 10.9 Å². The van der Waals surface area contributed by atoms with Gasteiger partial charge in [-0.2, -0.15) is 0 Å². The van der Waals surface area contributed by atoms with E-state index in [1.165, 1.54) is 12.4 Å². The lowest BCUT2D eigenvalue weighted by atomic mass is 10.1. The van der Waals surface area contributed by atoms with E-state index >= 15 is 0 Å². The van der Waals surface area contributed by atoms with Gasteiger partial charge in [-0.15, -0.1) is 0 Å². The molecule has 0 fully saturated rings. The molecule has 0 saturated carbocycles. The summed E-state index contributed by atoms with van der Waals surface area (Å²) in [6.07, 6.45) is 3.07. The highest BCUT2D eigenvalue weighted by molar-refractivity contribution is 7.91. The summed E-state index contributed by atoms with van der Waals surface area (Å²) in [7, 11) is -3.32. The van der Waals surface area contributed by atoms with Gasteiger partial charge in [0.25, 0.3) is 0 Å². The molecule has 0 aliphatic heterocycles. The number of nitrogens with zero attached hydrogens (tertiary/aromatic N) is 2. The van der Waals surface area contributed by atoms with Crippen LogP contribution in [0, 0.1) is 0 Å². The van der Waals surface area contributed by atoms with E-state index in [1.54, 1.807) is 6.92 Å². The van der Waals surface area contributed by atoms with Gasteiger partial charge in [0.1, 0.15) is 0 Å². The maximum atomic E-state index is 11.5. The van der Waals surface area contributed by atoms with Crippen molar-refractivity contribution >= 4 is 9.84 Å². The van der Waals surface area contributed by atoms with Gasteiger partial charge in [-0.05, 0) is 5.56 Å². The Morgan fingerprint density at radius 2 is 1.59 bits per heavy atom. The number of sulfone groups is 1. The zero-order valence-electron chi connectivity index (χ0n) is 9.37. The second kappa shape index (κ2) is 4.63. The van der Waals surface area contributed by atoms with E-state index in [9.17, 15) is 8.42 Å². The molecule has 1 aromatic carbocycles. The number of benzene rings is 1. The highest BCUT2D eigenvalue weighted by Crippen LogP contribution is 2.17. The first-order valence-corrected chi connectivity index (χ1v) is 6.89. The summed E-state index contributed by atoms with van der Waals surface area (Å²) < 4.78 is 23.0. The van der Waals surface area contributed by atoms with Crippen LogP contribution in [0.2, 0.25) is 0 Å². The molecule has 0 atom stereocenters. The summed E-state index contributed by atoms with van der Waals surface area (Å²) >= 11 is 0. The first-order valence-electron chi connectivity index (χ1n) is 5.23. The molecule has 0 radical (unpaired) electrons. The van der Waals surface area contributed by atoms with Crippen molar-refractivity contribution < 1.29 is 8.42 Å². The average molecular weight is 248 g/mol. The maximum absolute atomic E-state index is 11.5. The summed E-state index contributed by atoms with van der Waals surface area (Å²) in [5.74, 6) is 0.0116. The quantitative estimate of drug-likeness (QED) is 0.779. The summed E-state index contributed by atoms with van der Waals surface area (Å²) in [4.78, 5) is 7.80. The highest BCUT2D eigenvalue weighted by atomic mass is 32.2. The summed E-state index contributed by atoms with van der Waals surface area (Å²) in [6, 6.07) is 9.58. The molecule has 0 spiro atoms. The standard InChI is InChI=1S/C12H12N2O2S/c1-2-17(15,16)12-13-8-11(9-14-12)10-6-4-3-5-7-10/h3-9H,2H2,1H3. The molecule has 0 unspecified atom stereocenters. The second-order valence-electron chi connectivity index (χ2n) is 3.52. The molecule has 2 aromatic rings. The van der Waals surface area contributed by atoms with E-state index in [0.29, 0.717) is 0 Å². The van der Waals surface area contributed by atoms with E-state index < -0.39 is 9.84 Å². The van der Waals surface area contributed by atoms with Crippen LogP contribution in [-0.2, 0) is 9.84 Å². The lowest BCUT2D eigenvalue weighted by molar-refractivity contribution is 0.588. The Kier molecular flexibility index (Phi) is 3.19. The summed E-state index contributed by atoms with van der Waals surface area (Å²) in [5.41, 5.74) is 1.77. The number of hydrogen-bond donors (Lipinski definition) is 0. The van der Waals surface area contributed by atoms with Crippen LogP contribution in [0.4, 0.5) is 0 Å². The van der Waals surface area contributed by atoms with Crippen molar-refractivity contribution in [2.24, 2.45) is 0 Å². The van der Waals surface area contributed by atoms with Crippen LogP contribution >= 0.6 is 0 Å². The Bertz CT molecular complexity index is 592. The first-order chi connectivity index (χ1) is 8.13. The molecule has 88 valence electrons. The number of aromatic nitrogens is 2. The SMILES string of the molecule is CCS(=O)(=O)c1ncc(-c2ccccc2)cn1. The molecule has 5 heteroatoms. The van der Waals surface area contributed by atoms with E-state index in [1.807, 2.05) is 30.3 Å². The van der Waals surface area contributed by atoms with Crippen molar-refractivity contribution in [3.05, 3.63) is 42.7 Å². The summed E-state index contributed by atoms with van der Waals surface area (Å²) in [5, 5.41) is -0.111. The number of rotatable bonds is 3. The molecule has 0 aliphatic rings. The van der Waals surface area contributed by atoms with Crippen LogP contribution in [-0.4, -0.2) is 24.1 Å². The third kappa shape index (κ3) is 2.50. The molecular weight excluding hydrogens is 236 g/mol. The van der Waals surface area contributed by atoms with Crippen LogP contribution in [0.15, 0.2) is 47.9 Å². The molecule has 1 aromatic heterocycles. The van der Waals surface area contributed by atoms with Gasteiger partial charge in [0, 0.05) is 18.0 Å². The molecule has 1 heterocycles. The average Bonchev–Trinajstić information content (AvgIpc) is 2.40. The minimum absolute atomic E-state index is 0.0116. The van der Waals surface area contributed by atoms with E-state index in [4.69, 9.17) is 0 Å². The van der Waals surface area contributed by atoms with Gasteiger partial charge in [-0.25, -0.2) is 18.4 Å². The fourth-order valence-electron chi connectivity index (χ4n) is 1.39. The van der Waals surface area contributed by atoms with Crippen molar-refractivity contribution in [1.82, 2.24) is 9.97 Å². The lowest BCUT2D eigenvalue weighted by Gasteiger charge is -2.02. The Morgan fingerprint density at radius 3 is 2.12 bits per heavy atom. The molecule has 0 bridgehead atoms. The van der Waals surface area contributed by atoms with Crippen molar-refractivity contribution in [3.63, 3.8) is 0 Å². The van der Waals surface area contributed by atoms with Crippen molar-refractivity contribution in [1.29, 1.82) is 0 Å². The lowest BCUT2D eigenvalue weighted by Crippen LogP contribution is -2.08. The molecule has 4 nitrogen and oxygen atoms in total. The van der Waals surface area contributed by atoms with E-state index in [2.05, 4.69) is 9.97 Å². The normalized spacial score (nSPS) is 11.4. The fraction of sp³-hybridized carbons (Fsp3) is 0.167. The van der Waals surface area contributed by atoms with Crippen molar-refractivity contribution in [2.75, 3.05) is 5.75 Å². The zero-order chi connectivity index (χ0) is 12.3. The third-order valence-electron chi connectivity index (χ3n) is 2.39. The van der Waals surface area contributed by atoms with Crippen molar-refractivity contribution in [2.45, 2.75) is 12.1 Å². The minimum Gasteiger partial charge on any atom is -0.226 e. The molecule has 0 saturated heterocycles. The van der Waals surface area contributed by atoms with Crippen LogP contribution in [0.1, 0.15) is 6.92 Å². The Hall–Kier alpha value is -1.75. The largest absolute Gasteiger partial charge is 0.247 e. The van der Waals surface area contributed by atoms with Crippen molar-refractivity contribution in [3.8, 4) is 11.1 Å². The Labute approximate surface area is 100 Å². The molecule has 0 N–H and O–H groups in total. The highest BCUT2D eigenvalue weighted by Gasteiger charge is 2.14. The van der Waals surface area contributed by atoms with Crippen LogP contribution < -0.4 is 0 Å². The van der Waals surface area contributed by atoms with Gasteiger partial charge in [0.05, 0.1) is 5.75 Å². The zero-order valence-corrected chi connectivity index (χ0v) is 10.2. The third-order valence-corrected chi connectivity index (χ3v) is 3.92. The first kappa shape index (κ1) is 11.7. The molecule has 0 amide bonds. The van der Waals surface area contributed by atoms with Gasteiger partial charge in [-0.3, -0.25) is 0 Å². The smallest absolute Gasteiger partial charge is 0.226 e. The van der Waals surface area contributed by atoms with Gasteiger partial charge < -0.3 is 0 Å². The van der Waals surface area contributed by atoms with Gasteiger partial charge >= 0.3 is 0 Å². The van der Waals surface area contributed by atoms with Crippen LogP contribution in [0.5, 0.6) is 0 Å². The molecule has 17 heavy (non-hydrogen) atoms. The van der Waals surface area contributed by atoms with Gasteiger partial charge in [0.15, 0.2) is 0 Å². The summed E-state index contributed by atoms with van der Waals surface area (Å²) in [6.45, 7) is 1.57. The molecule has 2 rings (SSSR count). The van der Waals surface area contributed by atoms with Gasteiger partial charge in [0.2, 0.25) is 15.0 Å². The van der Waals surface area contributed by atoms with Gasteiger partial charge in [-0.1, -0.05) is 37.3 Å². The second-order valence-corrected chi connectivity index (χ2v) is 5.70. The minimum atomic E-state index is -3.32. The Balaban J connectivity index is 2.38.